The quantitative estimate of drug-likeness (QED) is 0.868. The summed E-state index contributed by atoms with van der Waals surface area (Å²) in [7, 11) is 0. The highest BCUT2D eigenvalue weighted by Gasteiger charge is 2.31. The first-order chi connectivity index (χ1) is 12.2. The van der Waals surface area contributed by atoms with Gasteiger partial charge in [-0.25, -0.2) is 9.78 Å². The monoisotopic (exact) mass is 362 g/mol. The van der Waals surface area contributed by atoms with Gasteiger partial charge in [-0.3, -0.25) is 0 Å². The molecule has 1 saturated heterocycles. The number of fused-ring (bicyclic) bond motifs is 1. The molecule has 0 radical (unpaired) electrons. The molecule has 3 aliphatic rings. The van der Waals surface area contributed by atoms with E-state index in [0.29, 0.717) is 17.9 Å². The molecule has 2 heterocycles. The Morgan fingerprint density at radius 1 is 1.24 bits per heavy atom. The molecule has 4 rings (SSSR count). The predicted molar refractivity (Wildman–Crippen MR) is 101 cm³/mol. The fourth-order valence-corrected chi connectivity index (χ4v) is 5.88. The molecule has 1 aromatic heterocycles. The normalized spacial score (nSPS) is 29.5. The molecule has 1 aromatic rings. The first-order valence-electron chi connectivity index (χ1n) is 9.97. The number of carbonyl (C=O) groups is 1. The van der Waals surface area contributed by atoms with Gasteiger partial charge in [0.05, 0.1) is 10.7 Å². The summed E-state index contributed by atoms with van der Waals surface area (Å²) < 4.78 is 0. The average Bonchev–Trinajstić information content (AvgIpc) is 3.28. The summed E-state index contributed by atoms with van der Waals surface area (Å²) in [5.74, 6) is 1.01. The summed E-state index contributed by atoms with van der Waals surface area (Å²) in [5.41, 5.74) is 7.10. The largest absolute Gasteiger partial charge is 0.335 e. The van der Waals surface area contributed by atoms with Crippen LogP contribution < -0.4 is 11.1 Å². The fraction of sp³-hybridized carbons (Fsp3) is 0.789. The summed E-state index contributed by atoms with van der Waals surface area (Å²) >= 11 is 1.91. The van der Waals surface area contributed by atoms with E-state index in [0.717, 1.165) is 58.2 Å². The maximum absolute atomic E-state index is 12.7. The molecule has 1 aliphatic heterocycles. The van der Waals surface area contributed by atoms with Gasteiger partial charge in [-0.05, 0) is 70.3 Å². The summed E-state index contributed by atoms with van der Waals surface area (Å²) in [5, 5.41) is 4.52. The zero-order valence-electron chi connectivity index (χ0n) is 15.0. The lowest BCUT2D eigenvalue weighted by atomic mass is 9.98. The Morgan fingerprint density at radius 2 is 2.12 bits per heavy atom. The Hall–Kier alpha value is -1.14. The number of amides is 2. The van der Waals surface area contributed by atoms with E-state index in [2.05, 4.69) is 5.32 Å². The van der Waals surface area contributed by atoms with E-state index in [9.17, 15) is 4.79 Å². The number of piperidine rings is 1. The van der Waals surface area contributed by atoms with Crippen molar-refractivity contribution in [3.8, 4) is 0 Å². The number of aromatic nitrogens is 1. The Bertz CT molecular complexity index is 593. The molecule has 0 spiro atoms. The Kier molecular flexibility index (Phi) is 5.27. The van der Waals surface area contributed by atoms with Crippen LogP contribution in [0.4, 0.5) is 4.79 Å². The van der Waals surface area contributed by atoms with Crippen LogP contribution in [0.3, 0.4) is 0 Å². The van der Waals surface area contributed by atoms with Crippen LogP contribution >= 0.6 is 11.3 Å². The van der Waals surface area contributed by atoms with Crippen molar-refractivity contribution in [3.63, 3.8) is 0 Å². The summed E-state index contributed by atoms with van der Waals surface area (Å²) in [6, 6.07) is 0.433. The standard InChI is InChI=1S/C19H30N4OS/c20-11-13-7-8-15(10-13)21-19(24)23-9-3-4-14(12-23)18-22-16-5-1-2-6-17(16)25-18/h13-15H,1-12,20H2,(H,21,24). The van der Waals surface area contributed by atoms with Gasteiger partial charge < -0.3 is 16.0 Å². The lowest BCUT2D eigenvalue weighted by Crippen LogP contribution is -2.47. The Morgan fingerprint density at radius 3 is 2.92 bits per heavy atom. The molecule has 2 fully saturated rings. The van der Waals surface area contributed by atoms with Gasteiger partial charge in [-0.15, -0.1) is 11.3 Å². The van der Waals surface area contributed by atoms with E-state index in [1.165, 1.54) is 34.8 Å². The third-order valence-electron chi connectivity index (χ3n) is 6.12. The zero-order valence-corrected chi connectivity index (χ0v) is 15.8. The van der Waals surface area contributed by atoms with E-state index in [1.54, 1.807) is 0 Å². The number of thiazole rings is 1. The second-order valence-corrected chi connectivity index (χ2v) is 9.09. The van der Waals surface area contributed by atoms with Crippen molar-refractivity contribution in [3.05, 3.63) is 15.6 Å². The highest BCUT2D eigenvalue weighted by molar-refractivity contribution is 7.11. The smallest absolute Gasteiger partial charge is 0.317 e. The SMILES string of the molecule is NCC1CCC(NC(=O)N2CCCC(c3nc4c(s3)CCCC4)C2)C1. The van der Waals surface area contributed by atoms with E-state index in [-0.39, 0.29) is 6.03 Å². The molecular weight excluding hydrogens is 332 g/mol. The molecule has 6 heteroatoms. The van der Waals surface area contributed by atoms with Crippen LogP contribution in [0.5, 0.6) is 0 Å². The van der Waals surface area contributed by atoms with Crippen molar-refractivity contribution in [2.24, 2.45) is 11.7 Å². The Labute approximate surface area is 154 Å². The molecule has 3 N–H and O–H groups in total. The summed E-state index contributed by atoms with van der Waals surface area (Å²) in [6.45, 7) is 2.44. The summed E-state index contributed by atoms with van der Waals surface area (Å²) in [6.07, 6.45) is 10.4. The number of aryl methyl sites for hydroxylation is 2. The first kappa shape index (κ1) is 17.3. The van der Waals surface area contributed by atoms with Crippen LogP contribution in [0.1, 0.15) is 66.4 Å². The van der Waals surface area contributed by atoms with Crippen LogP contribution in [0, 0.1) is 5.92 Å². The lowest BCUT2D eigenvalue weighted by Gasteiger charge is -2.32. The minimum atomic E-state index is 0.119. The number of likely N-dealkylation sites (tertiary alicyclic amines) is 1. The van der Waals surface area contributed by atoms with Gasteiger partial charge in [0, 0.05) is 29.9 Å². The van der Waals surface area contributed by atoms with Crippen molar-refractivity contribution in [2.75, 3.05) is 19.6 Å². The van der Waals surface area contributed by atoms with Crippen LogP contribution in [-0.4, -0.2) is 41.6 Å². The highest BCUT2D eigenvalue weighted by Crippen LogP contribution is 2.34. The maximum atomic E-state index is 12.7. The van der Waals surface area contributed by atoms with Gasteiger partial charge >= 0.3 is 6.03 Å². The molecule has 1 saturated carbocycles. The number of hydrogen-bond acceptors (Lipinski definition) is 4. The van der Waals surface area contributed by atoms with Crippen molar-refractivity contribution in [1.29, 1.82) is 0 Å². The molecular formula is C19H30N4OS. The topological polar surface area (TPSA) is 71.2 Å². The number of nitrogens with one attached hydrogen (secondary N) is 1. The van der Waals surface area contributed by atoms with Crippen molar-refractivity contribution in [1.82, 2.24) is 15.2 Å². The Balaban J connectivity index is 1.36. The molecule has 5 nitrogen and oxygen atoms in total. The number of nitrogens with two attached hydrogens (primary N) is 1. The maximum Gasteiger partial charge on any atom is 0.317 e. The second kappa shape index (κ2) is 7.62. The number of hydrogen-bond donors (Lipinski definition) is 2. The van der Waals surface area contributed by atoms with Crippen molar-refractivity contribution in [2.45, 2.75) is 69.7 Å². The van der Waals surface area contributed by atoms with E-state index >= 15 is 0 Å². The predicted octanol–water partition coefficient (Wildman–Crippen LogP) is 3.04. The molecule has 0 aromatic carbocycles. The van der Waals surface area contributed by atoms with Gasteiger partial charge in [0.1, 0.15) is 0 Å². The van der Waals surface area contributed by atoms with Crippen molar-refractivity contribution >= 4 is 17.4 Å². The van der Waals surface area contributed by atoms with E-state index in [4.69, 9.17) is 10.7 Å². The van der Waals surface area contributed by atoms with Gasteiger partial charge in [0.15, 0.2) is 0 Å². The second-order valence-electron chi connectivity index (χ2n) is 7.98. The van der Waals surface area contributed by atoms with Gasteiger partial charge in [-0.2, -0.15) is 0 Å². The molecule has 2 aliphatic carbocycles. The molecule has 138 valence electrons. The molecule has 25 heavy (non-hydrogen) atoms. The van der Waals surface area contributed by atoms with Crippen LogP contribution in [-0.2, 0) is 12.8 Å². The van der Waals surface area contributed by atoms with Gasteiger partial charge in [-0.1, -0.05) is 0 Å². The fourth-order valence-electron chi connectivity index (χ4n) is 4.60. The van der Waals surface area contributed by atoms with Gasteiger partial charge in [0.2, 0.25) is 0 Å². The van der Waals surface area contributed by atoms with Crippen LogP contribution in [0.2, 0.25) is 0 Å². The van der Waals surface area contributed by atoms with Crippen LogP contribution in [0.15, 0.2) is 0 Å². The molecule has 2 amide bonds. The van der Waals surface area contributed by atoms with E-state index < -0.39 is 0 Å². The number of rotatable bonds is 3. The minimum absolute atomic E-state index is 0.119. The molecule has 3 atom stereocenters. The van der Waals surface area contributed by atoms with Crippen molar-refractivity contribution < 1.29 is 4.79 Å². The van der Waals surface area contributed by atoms with Crippen LogP contribution in [0.25, 0.3) is 0 Å². The van der Waals surface area contributed by atoms with Gasteiger partial charge in [0.25, 0.3) is 0 Å². The number of nitrogens with zero attached hydrogens (tertiary/aromatic N) is 2. The lowest BCUT2D eigenvalue weighted by molar-refractivity contribution is 0.175. The highest BCUT2D eigenvalue weighted by atomic mass is 32.1. The summed E-state index contributed by atoms with van der Waals surface area (Å²) in [4.78, 5) is 21.1. The first-order valence-corrected chi connectivity index (χ1v) is 10.8. The average molecular weight is 363 g/mol. The third-order valence-corrected chi connectivity index (χ3v) is 7.44. The third kappa shape index (κ3) is 3.85. The molecule has 3 unspecified atom stereocenters. The zero-order chi connectivity index (χ0) is 17.2. The molecule has 0 bridgehead atoms. The number of urea groups is 1. The van der Waals surface area contributed by atoms with E-state index in [1.807, 2.05) is 16.2 Å². The minimum Gasteiger partial charge on any atom is -0.335 e. The number of carbonyl (C=O) groups excluding carboxylic acids is 1.